The van der Waals surface area contributed by atoms with E-state index in [1.54, 1.807) is 13.3 Å². The zero-order valence-electron chi connectivity index (χ0n) is 15.1. The molecule has 1 aliphatic heterocycles. The lowest BCUT2D eigenvalue weighted by Gasteiger charge is -2.17. The van der Waals surface area contributed by atoms with Crippen LogP contribution in [0.5, 0.6) is 0 Å². The molecule has 26 heavy (non-hydrogen) atoms. The fourth-order valence-electron chi connectivity index (χ4n) is 3.39. The quantitative estimate of drug-likeness (QED) is 0.701. The molecule has 0 spiro atoms. The average Bonchev–Trinajstić information content (AvgIpc) is 3.32. The summed E-state index contributed by atoms with van der Waals surface area (Å²) in [5, 5.41) is 4.12. The van der Waals surface area contributed by atoms with Crippen molar-refractivity contribution in [1.82, 2.24) is 15.1 Å². The van der Waals surface area contributed by atoms with Crippen LogP contribution in [0.25, 0.3) is 22.8 Å². The molecule has 6 heteroatoms. The zero-order chi connectivity index (χ0) is 17.9. The molecule has 1 fully saturated rings. The second-order valence-corrected chi connectivity index (χ2v) is 6.70. The molecule has 0 radical (unpaired) electrons. The van der Waals surface area contributed by atoms with Crippen LogP contribution in [0.4, 0.5) is 5.82 Å². The lowest BCUT2D eigenvalue weighted by atomic mass is 10.1. The van der Waals surface area contributed by atoms with Crippen LogP contribution in [0.3, 0.4) is 0 Å². The van der Waals surface area contributed by atoms with Crippen LogP contribution in [-0.4, -0.2) is 41.9 Å². The van der Waals surface area contributed by atoms with Gasteiger partial charge < -0.3 is 14.2 Å². The van der Waals surface area contributed by atoms with Gasteiger partial charge in [0.15, 0.2) is 0 Å². The molecule has 1 aromatic carbocycles. The molecular weight excluding hydrogens is 328 g/mol. The summed E-state index contributed by atoms with van der Waals surface area (Å²) in [5.41, 5.74) is 2.93. The number of rotatable bonds is 5. The molecule has 0 N–H and O–H groups in total. The lowest BCUT2D eigenvalue weighted by Crippen LogP contribution is -2.21. The van der Waals surface area contributed by atoms with Crippen molar-refractivity contribution in [3.8, 4) is 22.8 Å². The molecule has 1 saturated heterocycles. The topological polar surface area (TPSA) is 64.3 Å². The number of pyridine rings is 1. The molecule has 0 amide bonds. The second kappa shape index (κ2) is 7.25. The Bertz CT molecular complexity index is 876. The minimum absolute atomic E-state index is 0.487. The Morgan fingerprint density at radius 1 is 1.23 bits per heavy atom. The van der Waals surface area contributed by atoms with E-state index in [4.69, 9.17) is 9.26 Å². The highest BCUT2D eigenvalue weighted by Gasteiger charge is 2.23. The van der Waals surface area contributed by atoms with Gasteiger partial charge in [0.25, 0.3) is 5.89 Å². The SMILES string of the molecule is COC[C@@H]1CCN(c2ccc(-c3nc(-c4ccccc4C)no3)cn2)C1. The van der Waals surface area contributed by atoms with Gasteiger partial charge >= 0.3 is 0 Å². The first-order valence-electron chi connectivity index (χ1n) is 8.84. The Morgan fingerprint density at radius 2 is 2.12 bits per heavy atom. The molecule has 0 bridgehead atoms. The standard InChI is InChI=1S/C20H22N4O2/c1-14-5-3-4-6-17(14)19-22-20(26-23-19)16-7-8-18(21-11-16)24-10-9-15(12-24)13-25-2/h3-8,11,15H,9-10,12-13H2,1-2H3/t15-/m1/s1. The maximum absolute atomic E-state index is 5.44. The first-order chi connectivity index (χ1) is 12.7. The van der Waals surface area contributed by atoms with Gasteiger partial charge in [0.1, 0.15) is 5.82 Å². The molecule has 0 aliphatic carbocycles. The Hall–Kier alpha value is -2.73. The third-order valence-electron chi connectivity index (χ3n) is 4.82. The van der Waals surface area contributed by atoms with Gasteiger partial charge in [-0.1, -0.05) is 29.4 Å². The maximum atomic E-state index is 5.44. The normalized spacial score (nSPS) is 17.0. The van der Waals surface area contributed by atoms with Gasteiger partial charge in [-0.05, 0) is 31.0 Å². The van der Waals surface area contributed by atoms with Crippen LogP contribution >= 0.6 is 0 Å². The maximum Gasteiger partial charge on any atom is 0.259 e. The predicted octanol–water partition coefficient (Wildman–Crippen LogP) is 3.58. The zero-order valence-corrected chi connectivity index (χ0v) is 15.1. The van der Waals surface area contributed by atoms with Gasteiger partial charge in [0.05, 0.1) is 12.2 Å². The first-order valence-corrected chi connectivity index (χ1v) is 8.84. The third-order valence-corrected chi connectivity index (χ3v) is 4.82. The summed E-state index contributed by atoms with van der Waals surface area (Å²) in [6.07, 6.45) is 2.94. The number of anilines is 1. The van der Waals surface area contributed by atoms with E-state index in [1.165, 1.54) is 0 Å². The molecule has 1 atom stereocenters. The highest BCUT2D eigenvalue weighted by Crippen LogP contribution is 2.26. The van der Waals surface area contributed by atoms with Gasteiger partial charge in [-0.2, -0.15) is 4.98 Å². The molecule has 0 saturated carbocycles. The van der Waals surface area contributed by atoms with Crippen molar-refractivity contribution in [2.24, 2.45) is 5.92 Å². The van der Waals surface area contributed by atoms with Gasteiger partial charge in [0.2, 0.25) is 5.82 Å². The highest BCUT2D eigenvalue weighted by molar-refractivity contribution is 5.62. The fourth-order valence-corrected chi connectivity index (χ4v) is 3.39. The molecule has 6 nitrogen and oxygen atoms in total. The summed E-state index contributed by atoms with van der Waals surface area (Å²) in [6.45, 7) is 4.84. The van der Waals surface area contributed by atoms with Crippen molar-refractivity contribution in [1.29, 1.82) is 0 Å². The van der Waals surface area contributed by atoms with E-state index in [0.29, 0.717) is 17.6 Å². The van der Waals surface area contributed by atoms with Crippen molar-refractivity contribution in [2.75, 3.05) is 31.7 Å². The second-order valence-electron chi connectivity index (χ2n) is 6.70. The van der Waals surface area contributed by atoms with Crippen LogP contribution in [0.2, 0.25) is 0 Å². The number of hydrogen-bond donors (Lipinski definition) is 0. The average molecular weight is 350 g/mol. The minimum Gasteiger partial charge on any atom is -0.384 e. The molecule has 3 aromatic rings. The fraction of sp³-hybridized carbons (Fsp3) is 0.350. The Morgan fingerprint density at radius 3 is 2.88 bits per heavy atom. The molecule has 2 aromatic heterocycles. The summed E-state index contributed by atoms with van der Waals surface area (Å²) in [7, 11) is 1.76. The molecular formula is C20H22N4O2. The van der Waals surface area contributed by atoms with Crippen LogP contribution in [0.1, 0.15) is 12.0 Å². The van der Waals surface area contributed by atoms with E-state index in [2.05, 4.69) is 20.0 Å². The van der Waals surface area contributed by atoms with Crippen molar-refractivity contribution in [3.05, 3.63) is 48.2 Å². The van der Waals surface area contributed by atoms with Crippen molar-refractivity contribution < 1.29 is 9.26 Å². The number of methoxy groups -OCH3 is 1. The predicted molar refractivity (Wildman–Crippen MR) is 99.9 cm³/mol. The van der Waals surface area contributed by atoms with Crippen molar-refractivity contribution in [2.45, 2.75) is 13.3 Å². The third kappa shape index (κ3) is 3.32. The molecule has 0 unspecified atom stereocenters. The van der Waals surface area contributed by atoms with E-state index in [0.717, 1.165) is 48.6 Å². The number of benzene rings is 1. The minimum atomic E-state index is 0.487. The Balaban J connectivity index is 1.50. The Labute approximate surface area is 152 Å². The smallest absolute Gasteiger partial charge is 0.259 e. The van der Waals surface area contributed by atoms with Crippen LogP contribution in [0, 0.1) is 12.8 Å². The largest absolute Gasteiger partial charge is 0.384 e. The van der Waals surface area contributed by atoms with E-state index in [1.807, 2.05) is 43.3 Å². The summed E-state index contributed by atoms with van der Waals surface area (Å²) < 4.78 is 10.7. The monoisotopic (exact) mass is 350 g/mol. The van der Waals surface area contributed by atoms with Crippen molar-refractivity contribution >= 4 is 5.82 Å². The van der Waals surface area contributed by atoms with E-state index >= 15 is 0 Å². The lowest BCUT2D eigenvalue weighted by molar-refractivity contribution is 0.161. The van der Waals surface area contributed by atoms with E-state index in [9.17, 15) is 0 Å². The molecule has 134 valence electrons. The van der Waals surface area contributed by atoms with Crippen LogP contribution in [0.15, 0.2) is 47.1 Å². The summed E-state index contributed by atoms with van der Waals surface area (Å²) in [5.74, 6) is 2.64. The summed E-state index contributed by atoms with van der Waals surface area (Å²) in [4.78, 5) is 11.4. The van der Waals surface area contributed by atoms with Gasteiger partial charge in [-0.3, -0.25) is 0 Å². The van der Waals surface area contributed by atoms with Crippen LogP contribution in [-0.2, 0) is 4.74 Å². The van der Waals surface area contributed by atoms with E-state index < -0.39 is 0 Å². The summed E-state index contributed by atoms with van der Waals surface area (Å²) in [6, 6.07) is 12.0. The van der Waals surface area contributed by atoms with Gasteiger partial charge in [-0.15, -0.1) is 0 Å². The number of aryl methyl sites for hydroxylation is 1. The van der Waals surface area contributed by atoms with Gasteiger partial charge in [0, 0.05) is 37.9 Å². The molecule has 3 heterocycles. The number of nitrogens with zero attached hydrogens (tertiary/aromatic N) is 4. The van der Waals surface area contributed by atoms with Crippen molar-refractivity contribution in [3.63, 3.8) is 0 Å². The highest BCUT2D eigenvalue weighted by atomic mass is 16.5. The first kappa shape index (κ1) is 16.7. The number of ether oxygens (including phenoxy) is 1. The summed E-state index contributed by atoms with van der Waals surface area (Å²) >= 11 is 0. The molecule has 4 rings (SSSR count). The molecule has 1 aliphatic rings. The Kier molecular flexibility index (Phi) is 4.67. The number of hydrogen-bond acceptors (Lipinski definition) is 6. The van der Waals surface area contributed by atoms with Crippen LogP contribution < -0.4 is 4.90 Å². The van der Waals surface area contributed by atoms with E-state index in [-0.39, 0.29) is 0 Å². The number of aromatic nitrogens is 3. The van der Waals surface area contributed by atoms with Gasteiger partial charge in [-0.25, -0.2) is 4.98 Å².